The number of carbonyl (C=O) groups excluding carboxylic acids is 2. The van der Waals surface area contributed by atoms with E-state index in [-0.39, 0.29) is 12.1 Å². The van der Waals surface area contributed by atoms with Crippen molar-refractivity contribution >= 4 is 28.3 Å². The maximum Gasteiger partial charge on any atom is 0.317 e. The molecule has 0 radical (unpaired) electrons. The van der Waals surface area contributed by atoms with Crippen molar-refractivity contribution in [2.45, 2.75) is 19.4 Å². The number of amides is 3. The number of anilines is 1. The molecule has 3 amide bonds. The second kappa shape index (κ2) is 6.71. The fraction of sp³-hybridized carbons (Fsp3) is 0.167. The van der Waals surface area contributed by atoms with E-state index in [4.69, 9.17) is 11.5 Å². The first kappa shape index (κ1) is 18.1. The van der Waals surface area contributed by atoms with Crippen molar-refractivity contribution in [3.63, 3.8) is 0 Å². The Morgan fingerprint density at radius 2 is 2.04 bits per heavy atom. The van der Waals surface area contributed by atoms with Gasteiger partial charge in [0.25, 0.3) is 5.91 Å². The number of hydrogen-bond donors (Lipinski definition) is 3. The van der Waals surface area contributed by atoms with E-state index in [2.05, 4.69) is 10.4 Å². The van der Waals surface area contributed by atoms with Gasteiger partial charge < -0.3 is 11.5 Å². The van der Waals surface area contributed by atoms with Crippen LogP contribution in [0.2, 0.25) is 0 Å². The number of carbonyl (C=O) groups is 2. The van der Waals surface area contributed by atoms with Crippen LogP contribution in [0.15, 0.2) is 24.4 Å². The molecule has 1 aliphatic carbocycles. The lowest BCUT2D eigenvalue weighted by atomic mass is 9.93. The predicted molar refractivity (Wildman–Crippen MR) is 100 cm³/mol. The van der Waals surface area contributed by atoms with Crippen LogP contribution in [-0.2, 0) is 19.4 Å². The zero-order valence-electron chi connectivity index (χ0n) is 14.5. The number of hydrogen-bond acceptors (Lipinski definition) is 4. The number of urea groups is 1. The predicted octanol–water partition coefficient (Wildman–Crippen LogP) is 2.63. The molecule has 10 heteroatoms. The lowest BCUT2D eigenvalue weighted by Crippen LogP contribution is -2.22. The van der Waals surface area contributed by atoms with E-state index in [1.807, 2.05) is 0 Å². The van der Waals surface area contributed by atoms with E-state index >= 15 is 0 Å². The Hall–Kier alpha value is -3.27. The Morgan fingerprint density at radius 3 is 2.71 bits per heavy atom. The van der Waals surface area contributed by atoms with E-state index in [0.717, 1.165) is 27.8 Å². The van der Waals surface area contributed by atoms with Gasteiger partial charge in [0.05, 0.1) is 18.3 Å². The van der Waals surface area contributed by atoms with Gasteiger partial charge in [0, 0.05) is 27.8 Å². The van der Waals surface area contributed by atoms with Gasteiger partial charge >= 0.3 is 6.03 Å². The molecule has 4 rings (SSSR count). The third-order valence-electron chi connectivity index (χ3n) is 4.63. The summed E-state index contributed by atoms with van der Waals surface area (Å²) in [4.78, 5) is 23.9. The average Bonchev–Trinajstić information content (AvgIpc) is 3.17. The summed E-state index contributed by atoms with van der Waals surface area (Å²) in [6.45, 7) is 0.150. The Bertz CT molecular complexity index is 1120. The number of nitrogens with one attached hydrogen (secondary N) is 1. The highest BCUT2D eigenvalue weighted by Crippen LogP contribution is 2.45. The number of fused-ring (bicyclic) bond motifs is 3. The van der Waals surface area contributed by atoms with E-state index < -0.39 is 23.6 Å². The molecule has 1 aromatic carbocycles. The molecule has 2 aromatic heterocycles. The van der Waals surface area contributed by atoms with Crippen LogP contribution < -0.4 is 16.8 Å². The molecular weight excluding hydrogens is 388 g/mol. The number of thiophene rings is 1. The zero-order valence-corrected chi connectivity index (χ0v) is 15.3. The van der Waals surface area contributed by atoms with Crippen molar-refractivity contribution in [3.05, 3.63) is 58.4 Å². The number of halogens is 2. The van der Waals surface area contributed by atoms with Crippen LogP contribution in [0.25, 0.3) is 10.4 Å². The summed E-state index contributed by atoms with van der Waals surface area (Å²) >= 11 is 1.20. The molecule has 1 aliphatic rings. The first-order valence-electron chi connectivity index (χ1n) is 8.36. The topological polar surface area (TPSA) is 116 Å². The maximum atomic E-state index is 14.0. The van der Waals surface area contributed by atoms with E-state index in [1.165, 1.54) is 23.5 Å². The second-order valence-corrected chi connectivity index (χ2v) is 7.39. The summed E-state index contributed by atoms with van der Waals surface area (Å²) in [6, 6.07) is 2.64. The number of aromatic nitrogens is 2. The molecule has 0 bridgehead atoms. The molecule has 3 aromatic rings. The van der Waals surface area contributed by atoms with E-state index in [9.17, 15) is 18.4 Å². The fourth-order valence-electron chi connectivity index (χ4n) is 3.44. The third kappa shape index (κ3) is 3.01. The smallest absolute Gasteiger partial charge is 0.317 e. The molecule has 0 spiro atoms. The van der Waals surface area contributed by atoms with E-state index in [0.29, 0.717) is 23.4 Å². The van der Waals surface area contributed by atoms with Crippen molar-refractivity contribution in [1.82, 2.24) is 9.78 Å². The monoisotopic (exact) mass is 403 g/mol. The van der Waals surface area contributed by atoms with Crippen LogP contribution in [0.1, 0.15) is 27.2 Å². The van der Waals surface area contributed by atoms with Gasteiger partial charge in [0.1, 0.15) is 16.6 Å². The van der Waals surface area contributed by atoms with Crippen LogP contribution in [0, 0.1) is 11.6 Å². The van der Waals surface area contributed by atoms with Gasteiger partial charge in [0.15, 0.2) is 0 Å². The molecular formula is C18H15F2N5O2S. The minimum absolute atomic E-state index is 0.150. The summed E-state index contributed by atoms with van der Waals surface area (Å²) in [6.07, 6.45) is 2.69. The summed E-state index contributed by atoms with van der Waals surface area (Å²) in [5, 5.41) is 7.08. The Morgan fingerprint density at radius 1 is 1.25 bits per heavy atom. The molecule has 7 nitrogen and oxygen atoms in total. The summed E-state index contributed by atoms with van der Waals surface area (Å²) in [5.41, 5.74) is 13.6. The fourth-order valence-corrected chi connectivity index (χ4v) is 4.73. The molecule has 0 unspecified atom stereocenters. The lowest BCUT2D eigenvalue weighted by Gasteiger charge is -2.16. The largest absolute Gasteiger partial charge is 0.365 e. The van der Waals surface area contributed by atoms with Crippen molar-refractivity contribution in [1.29, 1.82) is 0 Å². The van der Waals surface area contributed by atoms with Gasteiger partial charge in [-0.1, -0.05) is 6.07 Å². The Balaban J connectivity index is 1.75. The summed E-state index contributed by atoms with van der Waals surface area (Å²) in [5.74, 6) is -1.92. The average molecular weight is 403 g/mol. The van der Waals surface area contributed by atoms with Crippen LogP contribution in [0.4, 0.5) is 18.6 Å². The molecule has 0 fully saturated rings. The molecule has 2 heterocycles. The highest BCUT2D eigenvalue weighted by atomic mass is 32.1. The SMILES string of the molecule is NC(=O)Nc1sc2c(c1C(N)=O)CCc1c-2cnn1Cc1ccc(F)cc1F. The van der Waals surface area contributed by atoms with Crippen LogP contribution in [-0.4, -0.2) is 21.7 Å². The standard InChI is InChI=1S/C18H15F2N5O2S/c19-9-2-1-8(12(20)5-9)7-25-13-4-3-10-14(16(21)26)17(24-18(22)27)28-15(10)11(13)6-23-25/h1-2,5-6H,3-4,7H2,(H2,21,26)(H3,22,24,27). The Labute approximate surface area is 161 Å². The van der Waals surface area contributed by atoms with Crippen molar-refractivity contribution in [2.24, 2.45) is 11.5 Å². The van der Waals surface area contributed by atoms with Gasteiger partial charge in [-0.05, 0) is 24.5 Å². The van der Waals surface area contributed by atoms with Crippen LogP contribution in [0.3, 0.4) is 0 Å². The molecule has 0 saturated carbocycles. The minimum Gasteiger partial charge on any atom is -0.365 e. The lowest BCUT2D eigenvalue weighted by molar-refractivity contribution is 0.100. The molecule has 0 aliphatic heterocycles. The van der Waals surface area contributed by atoms with Gasteiger partial charge in [-0.2, -0.15) is 5.10 Å². The highest BCUT2D eigenvalue weighted by molar-refractivity contribution is 7.20. The summed E-state index contributed by atoms with van der Waals surface area (Å²) < 4.78 is 28.8. The van der Waals surface area contributed by atoms with Crippen molar-refractivity contribution < 1.29 is 18.4 Å². The first-order valence-corrected chi connectivity index (χ1v) is 9.17. The van der Waals surface area contributed by atoms with E-state index in [1.54, 1.807) is 10.9 Å². The maximum absolute atomic E-state index is 14.0. The molecule has 0 atom stereocenters. The zero-order chi connectivity index (χ0) is 20.0. The Kier molecular flexibility index (Phi) is 4.34. The van der Waals surface area contributed by atoms with Gasteiger partial charge in [0.2, 0.25) is 0 Å². The van der Waals surface area contributed by atoms with Gasteiger partial charge in [-0.15, -0.1) is 11.3 Å². The van der Waals surface area contributed by atoms with Crippen LogP contribution in [0.5, 0.6) is 0 Å². The number of benzene rings is 1. The quantitative estimate of drug-likeness (QED) is 0.622. The molecule has 0 saturated heterocycles. The number of nitrogens with zero attached hydrogens (tertiary/aromatic N) is 2. The highest BCUT2D eigenvalue weighted by Gasteiger charge is 2.30. The van der Waals surface area contributed by atoms with Crippen molar-refractivity contribution in [2.75, 3.05) is 5.32 Å². The number of rotatable bonds is 4. The minimum atomic E-state index is -0.788. The molecule has 28 heavy (non-hydrogen) atoms. The van der Waals surface area contributed by atoms with Crippen molar-refractivity contribution in [3.8, 4) is 10.4 Å². The number of primary amides is 2. The second-order valence-electron chi connectivity index (χ2n) is 6.37. The normalized spacial score (nSPS) is 12.4. The third-order valence-corrected chi connectivity index (χ3v) is 5.81. The molecule has 5 N–H and O–H groups in total. The first-order chi connectivity index (χ1) is 13.3. The number of nitrogens with two attached hydrogens (primary N) is 2. The van der Waals surface area contributed by atoms with Gasteiger partial charge in [-0.3, -0.25) is 14.8 Å². The van der Waals surface area contributed by atoms with Gasteiger partial charge in [-0.25, -0.2) is 13.6 Å². The summed E-state index contributed by atoms with van der Waals surface area (Å²) in [7, 11) is 0. The molecule has 144 valence electrons. The van der Waals surface area contributed by atoms with Crippen LogP contribution >= 0.6 is 11.3 Å².